The third kappa shape index (κ3) is 9.94. The van der Waals surface area contributed by atoms with Crippen LogP contribution in [0.4, 0.5) is 0 Å². The SMILES string of the molecule is CCCCCCCCCCCCc1cc[n+](CCCO)cc1. The zero-order valence-corrected chi connectivity index (χ0v) is 14.6. The number of hydrogen-bond acceptors (Lipinski definition) is 1. The fourth-order valence-electron chi connectivity index (χ4n) is 2.87. The molecule has 0 saturated heterocycles. The van der Waals surface area contributed by atoms with Crippen molar-refractivity contribution >= 4 is 0 Å². The fourth-order valence-corrected chi connectivity index (χ4v) is 2.87. The van der Waals surface area contributed by atoms with Crippen LogP contribution in [0.3, 0.4) is 0 Å². The van der Waals surface area contributed by atoms with Crippen LogP contribution in [0.1, 0.15) is 83.1 Å². The van der Waals surface area contributed by atoms with Crippen molar-refractivity contribution in [2.45, 2.75) is 90.5 Å². The molecule has 0 amide bonds. The van der Waals surface area contributed by atoms with Crippen LogP contribution in [0.5, 0.6) is 0 Å². The minimum atomic E-state index is 0.271. The van der Waals surface area contributed by atoms with E-state index in [4.69, 9.17) is 5.11 Å². The molecule has 0 saturated carbocycles. The standard InChI is InChI=1S/C20H36NO/c1-2-3-4-5-6-7-8-9-10-11-13-20-14-17-21(18-15-20)16-12-19-22/h14-15,17-18,22H,2-13,16,19H2,1H3/q+1. The average Bonchev–Trinajstić information content (AvgIpc) is 2.56. The fraction of sp³-hybridized carbons (Fsp3) is 0.750. The Balaban J connectivity index is 1.96. The smallest absolute Gasteiger partial charge is 0.169 e. The van der Waals surface area contributed by atoms with Gasteiger partial charge in [0, 0.05) is 25.2 Å². The van der Waals surface area contributed by atoms with E-state index in [9.17, 15) is 0 Å². The van der Waals surface area contributed by atoms with Crippen LogP contribution in [0.25, 0.3) is 0 Å². The summed E-state index contributed by atoms with van der Waals surface area (Å²) in [6, 6.07) is 4.45. The number of nitrogens with zero attached hydrogens (tertiary/aromatic N) is 1. The highest BCUT2D eigenvalue weighted by atomic mass is 16.3. The van der Waals surface area contributed by atoms with E-state index in [1.54, 1.807) is 0 Å². The first-order valence-corrected chi connectivity index (χ1v) is 9.45. The van der Waals surface area contributed by atoms with Crippen LogP contribution < -0.4 is 4.57 Å². The molecule has 1 aromatic heterocycles. The summed E-state index contributed by atoms with van der Waals surface area (Å²) >= 11 is 0. The van der Waals surface area contributed by atoms with Crippen LogP contribution in [-0.2, 0) is 13.0 Å². The number of hydrogen-bond donors (Lipinski definition) is 1. The second kappa shape index (κ2) is 13.8. The number of aliphatic hydroxyl groups excluding tert-OH is 1. The van der Waals surface area contributed by atoms with Crippen molar-refractivity contribution in [2.75, 3.05) is 6.61 Å². The molecule has 0 radical (unpaired) electrons. The van der Waals surface area contributed by atoms with Gasteiger partial charge in [-0.1, -0.05) is 64.7 Å². The van der Waals surface area contributed by atoms with Gasteiger partial charge in [0.2, 0.25) is 0 Å². The zero-order chi connectivity index (χ0) is 15.9. The lowest BCUT2D eigenvalue weighted by Gasteiger charge is -2.03. The first-order valence-electron chi connectivity index (χ1n) is 9.45. The Hall–Kier alpha value is -0.890. The van der Waals surface area contributed by atoms with E-state index in [0.29, 0.717) is 0 Å². The van der Waals surface area contributed by atoms with Crippen LogP contribution in [0.2, 0.25) is 0 Å². The van der Waals surface area contributed by atoms with Gasteiger partial charge in [-0.15, -0.1) is 0 Å². The molecule has 0 unspecified atom stereocenters. The van der Waals surface area contributed by atoms with Gasteiger partial charge in [0.05, 0.1) is 0 Å². The van der Waals surface area contributed by atoms with E-state index in [1.807, 2.05) is 0 Å². The lowest BCUT2D eigenvalue weighted by atomic mass is 10.0. The Morgan fingerprint density at radius 3 is 1.86 bits per heavy atom. The van der Waals surface area contributed by atoms with Crippen molar-refractivity contribution in [3.63, 3.8) is 0 Å². The predicted molar refractivity (Wildman–Crippen MR) is 93.9 cm³/mol. The highest BCUT2D eigenvalue weighted by Gasteiger charge is 2.00. The van der Waals surface area contributed by atoms with Crippen molar-refractivity contribution < 1.29 is 9.67 Å². The van der Waals surface area contributed by atoms with E-state index in [2.05, 4.69) is 36.0 Å². The van der Waals surface area contributed by atoms with Gasteiger partial charge < -0.3 is 5.11 Å². The van der Waals surface area contributed by atoms with Crippen LogP contribution in [-0.4, -0.2) is 11.7 Å². The largest absolute Gasteiger partial charge is 0.396 e. The van der Waals surface area contributed by atoms with Crippen LogP contribution >= 0.6 is 0 Å². The summed E-state index contributed by atoms with van der Waals surface area (Å²) in [4.78, 5) is 0. The monoisotopic (exact) mass is 306 g/mol. The van der Waals surface area contributed by atoms with Crippen molar-refractivity contribution in [2.24, 2.45) is 0 Å². The molecule has 0 aliphatic heterocycles. The van der Waals surface area contributed by atoms with Gasteiger partial charge in [-0.2, -0.15) is 0 Å². The number of aryl methyl sites for hydroxylation is 2. The summed E-state index contributed by atoms with van der Waals surface area (Å²) in [7, 11) is 0. The second-order valence-corrected chi connectivity index (χ2v) is 6.45. The lowest BCUT2D eigenvalue weighted by molar-refractivity contribution is -0.697. The van der Waals surface area contributed by atoms with Crippen molar-refractivity contribution in [1.82, 2.24) is 0 Å². The number of unbranched alkanes of at least 4 members (excludes halogenated alkanes) is 9. The van der Waals surface area contributed by atoms with Crippen LogP contribution in [0, 0.1) is 0 Å². The Labute approximate surface area is 137 Å². The maximum absolute atomic E-state index is 8.83. The van der Waals surface area contributed by atoms with Gasteiger partial charge in [-0.3, -0.25) is 0 Å². The molecule has 0 aromatic carbocycles. The molecule has 2 heteroatoms. The summed E-state index contributed by atoms with van der Waals surface area (Å²) in [5.74, 6) is 0. The second-order valence-electron chi connectivity index (χ2n) is 6.45. The van der Waals surface area contributed by atoms with E-state index >= 15 is 0 Å². The third-order valence-electron chi connectivity index (χ3n) is 4.35. The molecule has 126 valence electrons. The third-order valence-corrected chi connectivity index (χ3v) is 4.35. The predicted octanol–water partition coefficient (Wildman–Crippen LogP) is 4.82. The quantitative estimate of drug-likeness (QED) is 0.387. The van der Waals surface area contributed by atoms with Gasteiger partial charge in [-0.25, -0.2) is 4.57 Å². The first kappa shape index (κ1) is 19.2. The van der Waals surface area contributed by atoms with E-state index in [1.165, 1.54) is 76.2 Å². The maximum Gasteiger partial charge on any atom is 0.169 e. The Morgan fingerprint density at radius 1 is 0.773 bits per heavy atom. The van der Waals surface area contributed by atoms with Crippen molar-refractivity contribution in [1.29, 1.82) is 0 Å². The van der Waals surface area contributed by atoms with Gasteiger partial charge in [0.1, 0.15) is 0 Å². The molecule has 0 bridgehead atoms. The Bertz CT molecular complexity index is 347. The normalized spacial score (nSPS) is 11.0. The molecule has 1 heterocycles. The molecule has 0 aliphatic carbocycles. The van der Waals surface area contributed by atoms with Gasteiger partial charge in [-0.05, 0) is 18.4 Å². The Morgan fingerprint density at radius 2 is 1.32 bits per heavy atom. The number of pyridine rings is 1. The molecule has 1 N–H and O–H groups in total. The number of aliphatic hydroxyl groups is 1. The molecule has 0 atom stereocenters. The highest BCUT2D eigenvalue weighted by Crippen LogP contribution is 2.12. The molecule has 1 aromatic rings. The molecule has 1 rings (SSSR count). The number of aromatic nitrogens is 1. The molecule has 2 nitrogen and oxygen atoms in total. The Kier molecular flexibility index (Phi) is 12.0. The van der Waals surface area contributed by atoms with E-state index in [-0.39, 0.29) is 6.61 Å². The zero-order valence-electron chi connectivity index (χ0n) is 14.6. The van der Waals surface area contributed by atoms with Crippen molar-refractivity contribution in [3.05, 3.63) is 30.1 Å². The molecular formula is C20H36NO+. The summed E-state index contributed by atoms with van der Waals surface area (Å²) in [5.41, 5.74) is 1.44. The summed E-state index contributed by atoms with van der Waals surface area (Å²) < 4.78 is 2.15. The molecule has 0 spiro atoms. The molecule has 0 aliphatic rings. The van der Waals surface area contributed by atoms with E-state index < -0.39 is 0 Å². The topological polar surface area (TPSA) is 24.1 Å². The average molecular weight is 307 g/mol. The minimum Gasteiger partial charge on any atom is -0.396 e. The maximum atomic E-state index is 8.83. The first-order chi connectivity index (χ1) is 10.9. The van der Waals surface area contributed by atoms with Crippen molar-refractivity contribution in [3.8, 4) is 0 Å². The van der Waals surface area contributed by atoms with Gasteiger partial charge in [0.25, 0.3) is 0 Å². The summed E-state index contributed by atoms with van der Waals surface area (Å²) in [6.45, 7) is 3.46. The molecule has 22 heavy (non-hydrogen) atoms. The molecule has 0 fully saturated rings. The summed E-state index contributed by atoms with van der Waals surface area (Å²) in [6.07, 6.45) is 20.3. The van der Waals surface area contributed by atoms with Gasteiger partial charge >= 0.3 is 0 Å². The summed E-state index contributed by atoms with van der Waals surface area (Å²) in [5, 5.41) is 8.83. The van der Waals surface area contributed by atoms with E-state index in [0.717, 1.165) is 13.0 Å². The number of rotatable bonds is 14. The lowest BCUT2D eigenvalue weighted by Crippen LogP contribution is -2.33. The minimum absolute atomic E-state index is 0.271. The van der Waals surface area contributed by atoms with Crippen LogP contribution in [0.15, 0.2) is 24.5 Å². The molecular weight excluding hydrogens is 270 g/mol. The van der Waals surface area contributed by atoms with Gasteiger partial charge in [0.15, 0.2) is 18.9 Å². The highest BCUT2D eigenvalue weighted by molar-refractivity contribution is 5.07.